The standard InChI is InChI=1S/C25H22N4O3/c1-30-12-13-32-19-8-9-22-21(14-19)27-16-29(22)23-10-6-17-4-3-5-20(25(17)28-23)18-7-11-24(31-2)26-15-18/h3-11,14-16H,12-13H2,1-2H3. The van der Waals surface area contributed by atoms with Crippen LogP contribution >= 0.6 is 0 Å². The van der Waals surface area contributed by atoms with Crippen LogP contribution in [0.1, 0.15) is 0 Å². The molecule has 160 valence electrons. The highest BCUT2D eigenvalue weighted by molar-refractivity contribution is 5.94. The van der Waals surface area contributed by atoms with E-state index in [4.69, 9.17) is 19.2 Å². The maximum absolute atomic E-state index is 5.70. The molecule has 5 rings (SSSR count). The summed E-state index contributed by atoms with van der Waals surface area (Å²) in [6, 6.07) is 19.9. The van der Waals surface area contributed by atoms with E-state index >= 15 is 0 Å². The van der Waals surface area contributed by atoms with E-state index in [9.17, 15) is 0 Å². The van der Waals surface area contributed by atoms with Crippen molar-refractivity contribution in [2.24, 2.45) is 0 Å². The summed E-state index contributed by atoms with van der Waals surface area (Å²) >= 11 is 0. The quantitative estimate of drug-likeness (QED) is 0.352. The molecule has 0 bridgehead atoms. The minimum absolute atomic E-state index is 0.498. The maximum atomic E-state index is 5.70. The molecule has 5 aromatic rings. The van der Waals surface area contributed by atoms with Crippen LogP contribution in [0.2, 0.25) is 0 Å². The molecule has 3 heterocycles. The highest BCUT2D eigenvalue weighted by Gasteiger charge is 2.11. The van der Waals surface area contributed by atoms with Gasteiger partial charge in [0.2, 0.25) is 5.88 Å². The number of imidazole rings is 1. The Bertz CT molecular complexity index is 1380. The summed E-state index contributed by atoms with van der Waals surface area (Å²) in [6.07, 6.45) is 3.59. The molecule has 0 N–H and O–H groups in total. The number of hydrogen-bond donors (Lipinski definition) is 0. The van der Waals surface area contributed by atoms with Crippen LogP contribution in [-0.2, 0) is 4.74 Å². The van der Waals surface area contributed by atoms with Gasteiger partial charge in [0.25, 0.3) is 0 Å². The summed E-state index contributed by atoms with van der Waals surface area (Å²) in [6.45, 7) is 1.04. The Morgan fingerprint density at radius 1 is 0.906 bits per heavy atom. The SMILES string of the molecule is COCCOc1ccc2c(c1)ncn2-c1ccc2cccc(-c3ccc(OC)nc3)c2n1. The van der Waals surface area contributed by atoms with Gasteiger partial charge in [-0.2, -0.15) is 0 Å². The van der Waals surface area contributed by atoms with E-state index in [2.05, 4.69) is 28.2 Å². The summed E-state index contributed by atoms with van der Waals surface area (Å²) in [5, 5.41) is 1.06. The van der Waals surface area contributed by atoms with E-state index < -0.39 is 0 Å². The summed E-state index contributed by atoms with van der Waals surface area (Å²) in [5.74, 6) is 2.14. The van der Waals surface area contributed by atoms with Crippen LogP contribution in [0.25, 0.3) is 38.9 Å². The van der Waals surface area contributed by atoms with Gasteiger partial charge < -0.3 is 14.2 Å². The van der Waals surface area contributed by atoms with Crippen molar-refractivity contribution in [3.05, 3.63) is 73.2 Å². The lowest BCUT2D eigenvalue weighted by molar-refractivity contribution is 0.146. The molecule has 0 saturated carbocycles. The van der Waals surface area contributed by atoms with Crippen LogP contribution in [-0.4, -0.2) is 47.0 Å². The number of fused-ring (bicyclic) bond motifs is 2. The molecular weight excluding hydrogens is 404 g/mol. The summed E-state index contributed by atoms with van der Waals surface area (Å²) in [5.41, 5.74) is 4.69. The lowest BCUT2D eigenvalue weighted by Gasteiger charge is -2.10. The van der Waals surface area contributed by atoms with Crippen LogP contribution < -0.4 is 9.47 Å². The average molecular weight is 426 g/mol. The molecule has 2 aromatic carbocycles. The summed E-state index contributed by atoms with van der Waals surface area (Å²) in [7, 11) is 3.26. The Hall–Kier alpha value is -3.97. The molecule has 0 amide bonds. The van der Waals surface area contributed by atoms with E-state index in [-0.39, 0.29) is 0 Å². The Kier molecular flexibility index (Phi) is 5.39. The predicted octanol–water partition coefficient (Wildman–Crippen LogP) is 4.67. The minimum atomic E-state index is 0.498. The van der Waals surface area contributed by atoms with Crippen LogP contribution in [0.5, 0.6) is 11.6 Å². The van der Waals surface area contributed by atoms with Crippen molar-refractivity contribution in [3.63, 3.8) is 0 Å². The van der Waals surface area contributed by atoms with Crippen molar-refractivity contribution in [1.82, 2.24) is 19.5 Å². The normalized spacial score (nSPS) is 11.2. The Labute approximate surface area is 185 Å². The van der Waals surface area contributed by atoms with Gasteiger partial charge in [0.1, 0.15) is 24.5 Å². The van der Waals surface area contributed by atoms with Gasteiger partial charge in [-0.15, -0.1) is 0 Å². The molecule has 0 aliphatic rings. The Balaban J connectivity index is 1.55. The van der Waals surface area contributed by atoms with Gasteiger partial charge in [0, 0.05) is 42.0 Å². The van der Waals surface area contributed by atoms with E-state index in [1.807, 2.05) is 47.0 Å². The molecule has 0 unspecified atom stereocenters. The first-order chi connectivity index (χ1) is 15.8. The first-order valence-electron chi connectivity index (χ1n) is 10.3. The number of nitrogens with zero attached hydrogens (tertiary/aromatic N) is 4. The minimum Gasteiger partial charge on any atom is -0.491 e. The van der Waals surface area contributed by atoms with Crippen LogP contribution in [0, 0.1) is 0 Å². The smallest absolute Gasteiger partial charge is 0.212 e. The number of pyridine rings is 2. The lowest BCUT2D eigenvalue weighted by Crippen LogP contribution is -2.04. The van der Waals surface area contributed by atoms with E-state index in [1.165, 1.54) is 0 Å². The maximum Gasteiger partial charge on any atom is 0.212 e. The van der Waals surface area contributed by atoms with E-state index in [1.54, 1.807) is 26.7 Å². The topological polar surface area (TPSA) is 71.3 Å². The fraction of sp³-hybridized carbons (Fsp3) is 0.160. The fourth-order valence-electron chi connectivity index (χ4n) is 3.67. The average Bonchev–Trinajstić information content (AvgIpc) is 3.27. The van der Waals surface area contributed by atoms with Crippen molar-refractivity contribution < 1.29 is 14.2 Å². The number of methoxy groups -OCH3 is 2. The number of benzene rings is 2. The molecule has 0 saturated heterocycles. The largest absolute Gasteiger partial charge is 0.491 e. The molecule has 0 radical (unpaired) electrons. The molecule has 0 aliphatic heterocycles. The third kappa shape index (κ3) is 3.74. The molecule has 0 aliphatic carbocycles. The third-order valence-corrected chi connectivity index (χ3v) is 5.28. The molecule has 0 spiro atoms. The fourth-order valence-corrected chi connectivity index (χ4v) is 3.67. The van der Waals surface area contributed by atoms with Crippen molar-refractivity contribution in [3.8, 4) is 28.6 Å². The van der Waals surface area contributed by atoms with Gasteiger partial charge >= 0.3 is 0 Å². The monoisotopic (exact) mass is 426 g/mol. The molecule has 3 aromatic heterocycles. The van der Waals surface area contributed by atoms with Gasteiger partial charge in [0.05, 0.1) is 30.3 Å². The van der Waals surface area contributed by atoms with Crippen LogP contribution in [0.4, 0.5) is 0 Å². The van der Waals surface area contributed by atoms with Crippen molar-refractivity contribution in [2.45, 2.75) is 0 Å². The summed E-state index contributed by atoms with van der Waals surface area (Å²) in [4.78, 5) is 13.9. The first-order valence-corrected chi connectivity index (χ1v) is 10.3. The van der Waals surface area contributed by atoms with Gasteiger partial charge in [-0.3, -0.25) is 4.57 Å². The van der Waals surface area contributed by atoms with E-state index in [0.717, 1.165) is 44.6 Å². The van der Waals surface area contributed by atoms with Crippen molar-refractivity contribution in [1.29, 1.82) is 0 Å². The molecular formula is C25H22N4O3. The molecule has 7 heteroatoms. The highest BCUT2D eigenvalue weighted by Crippen LogP contribution is 2.29. The Morgan fingerprint density at radius 3 is 2.66 bits per heavy atom. The van der Waals surface area contributed by atoms with Gasteiger partial charge in [-0.1, -0.05) is 18.2 Å². The second-order valence-electron chi connectivity index (χ2n) is 7.24. The second kappa shape index (κ2) is 8.64. The van der Waals surface area contributed by atoms with Gasteiger partial charge in [-0.25, -0.2) is 15.0 Å². The number of aromatic nitrogens is 4. The summed E-state index contributed by atoms with van der Waals surface area (Å²) < 4.78 is 17.9. The third-order valence-electron chi connectivity index (χ3n) is 5.28. The molecule has 32 heavy (non-hydrogen) atoms. The number of para-hydroxylation sites is 1. The Morgan fingerprint density at radius 2 is 1.84 bits per heavy atom. The van der Waals surface area contributed by atoms with E-state index in [0.29, 0.717) is 19.1 Å². The molecule has 0 atom stereocenters. The number of ether oxygens (including phenoxy) is 3. The van der Waals surface area contributed by atoms with Gasteiger partial charge in [-0.05, 0) is 30.3 Å². The number of rotatable bonds is 7. The zero-order valence-electron chi connectivity index (χ0n) is 17.9. The van der Waals surface area contributed by atoms with Crippen LogP contribution in [0.3, 0.4) is 0 Å². The zero-order chi connectivity index (χ0) is 21.9. The molecule has 7 nitrogen and oxygen atoms in total. The zero-order valence-corrected chi connectivity index (χ0v) is 17.9. The first kappa shape index (κ1) is 20.0. The second-order valence-corrected chi connectivity index (χ2v) is 7.24. The molecule has 0 fully saturated rings. The predicted molar refractivity (Wildman–Crippen MR) is 124 cm³/mol. The van der Waals surface area contributed by atoms with Crippen LogP contribution in [0.15, 0.2) is 73.2 Å². The number of hydrogen-bond acceptors (Lipinski definition) is 6. The van der Waals surface area contributed by atoms with Gasteiger partial charge in [0.15, 0.2) is 0 Å². The lowest BCUT2D eigenvalue weighted by atomic mass is 10.0. The van der Waals surface area contributed by atoms with Crippen molar-refractivity contribution in [2.75, 3.05) is 27.4 Å². The van der Waals surface area contributed by atoms with Crippen molar-refractivity contribution >= 4 is 21.9 Å². The highest BCUT2D eigenvalue weighted by atomic mass is 16.5.